The number of carbonyl (C=O) groups excluding carboxylic acids is 1. The third kappa shape index (κ3) is 3.82. The van der Waals surface area contributed by atoms with E-state index in [2.05, 4.69) is 26.5 Å². The zero-order valence-electron chi connectivity index (χ0n) is 11.2. The average molecular weight is 349 g/mol. The summed E-state index contributed by atoms with van der Waals surface area (Å²) in [6.45, 7) is 0. The number of ether oxygens (including phenoxy) is 1. The number of hydrazone groups is 1. The van der Waals surface area contributed by atoms with Crippen LogP contribution in [0.25, 0.3) is 0 Å². The number of amides is 1. The minimum atomic E-state index is -0.475. The SMILES string of the molecule is COc1ccc(C=NNC(=O)c2ccccc2O)cc1Br. The van der Waals surface area contributed by atoms with Crippen LogP contribution in [0.3, 0.4) is 0 Å². The first-order valence-electron chi connectivity index (χ1n) is 6.06. The van der Waals surface area contributed by atoms with Gasteiger partial charge in [-0.3, -0.25) is 4.79 Å². The Morgan fingerprint density at radius 2 is 2.10 bits per heavy atom. The fourth-order valence-electron chi connectivity index (χ4n) is 1.65. The Labute approximate surface area is 130 Å². The van der Waals surface area contributed by atoms with Gasteiger partial charge in [-0.15, -0.1) is 0 Å². The van der Waals surface area contributed by atoms with Crippen molar-refractivity contribution in [3.05, 3.63) is 58.1 Å². The maximum absolute atomic E-state index is 11.8. The number of phenols is 1. The summed E-state index contributed by atoms with van der Waals surface area (Å²) in [4.78, 5) is 11.8. The molecular formula is C15H13BrN2O3. The molecule has 2 rings (SSSR count). The van der Waals surface area contributed by atoms with Crippen molar-refractivity contribution >= 4 is 28.1 Å². The van der Waals surface area contributed by atoms with Gasteiger partial charge >= 0.3 is 0 Å². The molecule has 0 heterocycles. The lowest BCUT2D eigenvalue weighted by Crippen LogP contribution is -2.17. The number of methoxy groups -OCH3 is 1. The van der Waals surface area contributed by atoms with Crippen LogP contribution in [0, 0.1) is 0 Å². The zero-order chi connectivity index (χ0) is 15.2. The van der Waals surface area contributed by atoms with Gasteiger partial charge < -0.3 is 9.84 Å². The summed E-state index contributed by atoms with van der Waals surface area (Å²) in [5.74, 6) is 0.153. The third-order valence-corrected chi connectivity index (χ3v) is 3.32. The third-order valence-electron chi connectivity index (χ3n) is 2.70. The number of carbonyl (C=O) groups is 1. The lowest BCUT2D eigenvalue weighted by Gasteiger charge is -2.04. The Morgan fingerprint density at radius 3 is 2.76 bits per heavy atom. The molecule has 0 unspecified atom stereocenters. The smallest absolute Gasteiger partial charge is 0.275 e. The van der Waals surface area contributed by atoms with E-state index in [1.54, 1.807) is 31.4 Å². The van der Waals surface area contributed by atoms with Crippen LogP contribution in [0.5, 0.6) is 11.5 Å². The first-order valence-corrected chi connectivity index (χ1v) is 6.86. The van der Waals surface area contributed by atoms with E-state index in [4.69, 9.17) is 4.74 Å². The lowest BCUT2D eigenvalue weighted by molar-refractivity contribution is 0.0952. The van der Waals surface area contributed by atoms with E-state index in [1.165, 1.54) is 18.3 Å². The molecule has 21 heavy (non-hydrogen) atoms. The minimum Gasteiger partial charge on any atom is -0.507 e. The number of hydrogen-bond acceptors (Lipinski definition) is 4. The van der Waals surface area contributed by atoms with Gasteiger partial charge in [-0.1, -0.05) is 12.1 Å². The quantitative estimate of drug-likeness (QED) is 0.659. The molecule has 6 heteroatoms. The van der Waals surface area contributed by atoms with E-state index in [9.17, 15) is 9.90 Å². The Kier molecular flexibility index (Phi) is 4.94. The zero-order valence-corrected chi connectivity index (χ0v) is 12.8. The number of hydrogen-bond donors (Lipinski definition) is 2. The normalized spacial score (nSPS) is 10.6. The largest absolute Gasteiger partial charge is 0.507 e. The summed E-state index contributed by atoms with van der Waals surface area (Å²) >= 11 is 3.37. The average Bonchev–Trinajstić information content (AvgIpc) is 2.48. The Balaban J connectivity index is 2.04. The van der Waals surface area contributed by atoms with Crippen molar-refractivity contribution in [3.8, 4) is 11.5 Å². The standard InChI is InChI=1S/C15H13BrN2O3/c1-21-14-7-6-10(8-12(14)16)9-17-18-15(20)11-4-2-3-5-13(11)19/h2-9,19H,1H3,(H,18,20). The fourth-order valence-corrected chi connectivity index (χ4v) is 2.21. The summed E-state index contributed by atoms with van der Waals surface area (Å²) < 4.78 is 5.92. The van der Waals surface area contributed by atoms with E-state index in [0.29, 0.717) is 5.75 Å². The number of halogens is 1. The molecule has 0 aliphatic rings. The van der Waals surface area contributed by atoms with E-state index in [-0.39, 0.29) is 11.3 Å². The van der Waals surface area contributed by atoms with Crippen molar-refractivity contribution in [1.82, 2.24) is 5.43 Å². The summed E-state index contributed by atoms with van der Waals surface area (Å²) in [6, 6.07) is 11.7. The molecule has 5 nitrogen and oxygen atoms in total. The van der Waals surface area contributed by atoms with Gasteiger partial charge in [0.15, 0.2) is 0 Å². The number of para-hydroxylation sites is 1. The van der Waals surface area contributed by atoms with Crippen molar-refractivity contribution in [2.24, 2.45) is 5.10 Å². The van der Waals surface area contributed by atoms with Gasteiger partial charge in [0.2, 0.25) is 0 Å². The second-order valence-electron chi connectivity index (χ2n) is 4.11. The second-order valence-corrected chi connectivity index (χ2v) is 4.96. The maximum Gasteiger partial charge on any atom is 0.275 e. The molecule has 0 fully saturated rings. The van der Waals surface area contributed by atoms with Crippen LogP contribution >= 0.6 is 15.9 Å². The van der Waals surface area contributed by atoms with Crippen molar-refractivity contribution in [3.63, 3.8) is 0 Å². The van der Waals surface area contributed by atoms with E-state index in [1.807, 2.05) is 6.07 Å². The van der Waals surface area contributed by atoms with Crippen molar-refractivity contribution in [2.45, 2.75) is 0 Å². The first kappa shape index (κ1) is 15.1. The molecule has 0 saturated carbocycles. The Hall–Kier alpha value is -2.34. The highest BCUT2D eigenvalue weighted by Gasteiger charge is 2.08. The van der Waals surface area contributed by atoms with Gasteiger partial charge in [0.1, 0.15) is 11.5 Å². The molecule has 0 aliphatic heterocycles. The molecule has 2 aromatic rings. The highest BCUT2D eigenvalue weighted by atomic mass is 79.9. The first-order chi connectivity index (χ1) is 10.1. The molecule has 0 saturated heterocycles. The molecule has 0 atom stereocenters. The van der Waals surface area contributed by atoms with Crippen molar-refractivity contribution in [2.75, 3.05) is 7.11 Å². The number of aromatic hydroxyl groups is 1. The van der Waals surface area contributed by atoms with Crippen LogP contribution in [0.15, 0.2) is 52.0 Å². The number of phenolic OH excluding ortho intramolecular Hbond substituents is 1. The Bertz CT molecular complexity index is 686. The summed E-state index contributed by atoms with van der Waals surface area (Å²) in [5, 5.41) is 13.4. The summed E-state index contributed by atoms with van der Waals surface area (Å²) in [7, 11) is 1.58. The van der Waals surface area contributed by atoms with Crippen LogP contribution in [0.1, 0.15) is 15.9 Å². The molecule has 108 valence electrons. The topological polar surface area (TPSA) is 70.9 Å². The molecule has 0 aromatic heterocycles. The minimum absolute atomic E-state index is 0.0857. The van der Waals surface area contributed by atoms with Gasteiger partial charge in [-0.2, -0.15) is 5.10 Å². The molecule has 2 N–H and O–H groups in total. The molecule has 0 bridgehead atoms. The van der Waals surface area contributed by atoms with Gasteiger partial charge in [0.05, 0.1) is 23.4 Å². The number of nitrogens with zero attached hydrogens (tertiary/aromatic N) is 1. The molecule has 0 radical (unpaired) electrons. The molecular weight excluding hydrogens is 336 g/mol. The predicted molar refractivity (Wildman–Crippen MR) is 83.9 cm³/mol. The van der Waals surface area contributed by atoms with Crippen LogP contribution in [-0.4, -0.2) is 24.3 Å². The maximum atomic E-state index is 11.8. The summed E-state index contributed by atoms with van der Waals surface area (Å²) in [5.41, 5.74) is 3.32. The highest BCUT2D eigenvalue weighted by molar-refractivity contribution is 9.10. The fraction of sp³-hybridized carbons (Fsp3) is 0.0667. The van der Waals surface area contributed by atoms with E-state index in [0.717, 1.165) is 10.0 Å². The van der Waals surface area contributed by atoms with Crippen LogP contribution in [-0.2, 0) is 0 Å². The van der Waals surface area contributed by atoms with E-state index < -0.39 is 5.91 Å². The number of nitrogens with one attached hydrogen (secondary N) is 1. The molecule has 0 spiro atoms. The van der Waals surface area contributed by atoms with Crippen LogP contribution in [0.4, 0.5) is 0 Å². The summed E-state index contributed by atoms with van der Waals surface area (Å²) in [6.07, 6.45) is 1.50. The van der Waals surface area contributed by atoms with Gasteiger partial charge in [-0.05, 0) is 51.8 Å². The number of benzene rings is 2. The van der Waals surface area contributed by atoms with Crippen molar-refractivity contribution < 1.29 is 14.6 Å². The highest BCUT2D eigenvalue weighted by Crippen LogP contribution is 2.24. The molecule has 1 amide bonds. The van der Waals surface area contributed by atoms with Crippen LogP contribution in [0.2, 0.25) is 0 Å². The van der Waals surface area contributed by atoms with E-state index >= 15 is 0 Å². The van der Waals surface area contributed by atoms with Crippen LogP contribution < -0.4 is 10.2 Å². The van der Waals surface area contributed by atoms with Gasteiger partial charge in [0.25, 0.3) is 5.91 Å². The monoisotopic (exact) mass is 348 g/mol. The number of rotatable bonds is 4. The Morgan fingerprint density at radius 1 is 1.33 bits per heavy atom. The van der Waals surface area contributed by atoms with Gasteiger partial charge in [-0.25, -0.2) is 5.43 Å². The lowest BCUT2D eigenvalue weighted by atomic mass is 10.2. The molecule has 0 aliphatic carbocycles. The predicted octanol–water partition coefficient (Wildman–Crippen LogP) is 2.93. The van der Waals surface area contributed by atoms with Crippen molar-refractivity contribution in [1.29, 1.82) is 0 Å². The van der Waals surface area contributed by atoms with Gasteiger partial charge in [0, 0.05) is 0 Å². The molecule has 2 aromatic carbocycles. The second kappa shape index (κ2) is 6.90.